The number of ether oxygens (including phenoxy) is 1. The lowest BCUT2D eigenvalue weighted by atomic mass is 10.1. The average Bonchev–Trinajstić information content (AvgIpc) is 3.22. The fourth-order valence-corrected chi connectivity index (χ4v) is 3.39. The summed E-state index contributed by atoms with van der Waals surface area (Å²) in [5.41, 5.74) is 1.63. The summed E-state index contributed by atoms with van der Waals surface area (Å²) in [5, 5.41) is 13.0. The topological polar surface area (TPSA) is 79.9 Å². The lowest BCUT2D eigenvalue weighted by Gasteiger charge is -2.18. The van der Waals surface area contributed by atoms with Gasteiger partial charge in [-0.05, 0) is 61.9 Å². The van der Waals surface area contributed by atoms with Crippen molar-refractivity contribution in [1.29, 1.82) is 5.26 Å². The first-order chi connectivity index (χ1) is 12.7. The minimum absolute atomic E-state index is 0.0323. The normalized spacial score (nSPS) is 16.5. The molecule has 0 saturated carbocycles. The second kappa shape index (κ2) is 6.62. The van der Waals surface area contributed by atoms with Gasteiger partial charge in [-0.2, -0.15) is 5.26 Å². The van der Waals surface area contributed by atoms with Gasteiger partial charge in [-0.15, -0.1) is 0 Å². The maximum absolute atomic E-state index is 13.3. The van der Waals surface area contributed by atoms with Crippen molar-refractivity contribution < 1.29 is 4.74 Å². The van der Waals surface area contributed by atoms with Gasteiger partial charge in [0.25, 0.3) is 5.56 Å². The second-order valence-corrected chi connectivity index (χ2v) is 6.30. The van der Waals surface area contributed by atoms with Gasteiger partial charge in [-0.25, -0.2) is 4.98 Å². The fraction of sp³-hybridized carbons (Fsp3) is 0.250. The van der Waals surface area contributed by atoms with E-state index >= 15 is 0 Å². The smallest absolute Gasteiger partial charge is 0.266 e. The maximum atomic E-state index is 13.3. The van der Waals surface area contributed by atoms with Crippen molar-refractivity contribution in [2.45, 2.75) is 18.9 Å². The first-order valence-electron chi connectivity index (χ1n) is 8.56. The fourth-order valence-electron chi connectivity index (χ4n) is 3.39. The Kier molecular flexibility index (Phi) is 4.15. The van der Waals surface area contributed by atoms with E-state index in [-0.39, 0.29) is 11.6 Å². The molecule has 6 nitrogen and oxygen atoms in total. The second-order valence-electron chi connectivity index (χ2n) is 6.30. The van der Waals surface area contributed by atoms with Crippen LogP contribution in [0.5, 0.6) is 5.75 Å². The molecule has 0 aliphatic carbocycles. The van der Waals surface area contributed by atoms with Crippen LogP contribution in [0.1, 0.15) is 30.3 Å². The van der Waals surface area contributed by atoms with E-state index in [1.165, 1.54) is 0 Å². The predicted molar refractivity (Wildman–Crippen MR) is 98.6 cm³/mol. The number of fused-ring (bicyclic) bond motifs is 1. The van der Waals surface area contributed by atoms with E-state index in [2.05, 4.69) is 11.4 Å². The van der Waals surface area contributed by atoms with E-state index in [0.717, 1.165) is 30.8 Å². The van der Waals surface area contributed by atoms with E-state index < -0.39 is 0 Å². The predicted octanol–water partition coefficient (Wildman–Crippen LogP) is 2.69. The van der Waals surface area contributed by atoms with Crippen molar-refractivity contribution in [2.75, 3.05) is 13.7 Å². The van der Waals surface area contributed by atoms with Crippen LogP contribution in [0.3, 0.4) is 0 Å². The quantitative estimate of drug-likeness (QED) is 0.789. The summed E-state index contributed by atoms with van der Waals surface area (Å²) in [5.74, 6) is 1.43. The van der Waals surface area contributed by atoms with Crippen molar-refractivity contribution >= 4 is 10.9 Å². The molecule has 2 heterocycles. The third-order valence-corrected chi connectivity index (χ3v) is 4.73. The van der Waals surface area contributed by atoms with Crippen LogP contribution in [0.25, 0.3) is 16.6 Å². The molecule has 3 aromatic rings. The lowest BCUT2D eigenvalue weighted by molar-refractivity contribution is 0.414. The molecule has 1 atom stereocenters. The molecule has 0 radical (unpaired) electrons. The summed E-state index contributed by atoms with van der Waals surface area (Å²) in [7, 11) is 1.61. The van der Waals surface area contributed by atoms with Gasteiger partial charge in [-0.1, -0.05) is 0 Å². The average molecular weight is 346 g/mol. The standard InChI is InChI=1S/C20H18N4O2/c1-26-15-7-5-14(6-8-15)24-19(18-3-2-10-22-18)23-17-9-4-13(12-21)11-16(17)20(24)25/h4-9,11,18,22H,2-3,10H2,1H3/t18-/m0/s1. The Morgan fingerprint density at radius 2 is 2.08 bits per heavy atom. The van der Waals surface area contributed by atoms with Gasteiger partial charge in [0.1, 0.15) is 11.6 Å². The zero-order chi connectivity index (χ0) is 18.1. The highest BCUT2D eigenvalue weighted by Gasteiger charge is 2.24. The molecule has 1 aliphatic rings. The summed E-state index contributed by atoms with van der Waals surface area (Å²) in [6, 6.07) is 14.5. The Balaban J connectivity index is 2.00. The number of hydrogen-bond donors (Lipinski definition) is 1. The van der Waals surface area contributed by atoms with Crippen LogP contribution in [0.2, 0.25) is 0 Å². The van der Waals surface area contributed by atoms with Gasteiger partial charge < -0.3 is 10.1 Å². The Hall–Kier alpha value is -3.17. The molecule has 1 aliphatic heterocycles. The molecule has 6 heteroatoms. The van der Waals surface area contributed by atoms with Gasteiger partial charge in [0, 0.05) is 0 Å². The van der Waals surface area contributed by atoms with Gasteiger partial charge in [-0.3, -0.25) is 9.36 Å². The van der Waals surface area contributed by atoms with Crippen LogP contribution in [-0.2, 0) is 0 Å². The number of rotatable bonds is 3. The van der Waals surface area contributed by atoms with Crippen LogP contribution in [-0.4, -0.2) is 23.2 Å². The van der Waals surface area contributed by atoms with E-state index in [4.69, 9.17) is 15.0 Å². The third-order valence-electron chi connectivity index (χ3n) is 4.73. The highest BCUT2D eigenvalue weighted by molar-refractivity contribution is 5.79. The number of aromatic nitrogens is 2. The van der Waals surface area contributed by atoms with Gasteiger partial charge >= 0.3 is 0 Å². The number of methoxy groups -OCH3 is 1. The highest BCUT2D eigenvalue weighted by Crippen LogP contribution is 2.25. The lowest BCUT2D eigenvalue weighted by Crippen LogP contribution is -2.28. The van der Waals surface area contributed by atoms with Crippen molar-refractivity contribution in [3.8, 4) is 17.5 Å². The molecular weight excluding hydrogens is 328 g/mol. The molecule has 0 bridgehead atoms. The molecule has 2 aromatic carbocycles. The van der Waals surface area contributed by atoms with Crippen LogP contribution in [0.15, 0.2) is 47.3 Å². The van der Waals surface area contributed by atoms with E-state index in [9.17, 15) is 4.79 Å². The van der Waals surface area contributed by atoms with Crippen molar-refractivity contribution in [3.63, 3.8) is 0 Å². The summed E-state index contributed by atoms with van der Waals surface area (Å²) in [4.78, 5) is 18.1. The first-order valence-corrected chi connectivity index (χ1v) is 8.56. The third kappa shape index (κ3) is 2.72. The Morgan fingerprint density at radius 1 is 1.27 bits per heavy atom. The molecule has 0 spiro atoms. The van der Waals surface area contributed by atoms with Crippen LogP contribution in [0, 0.1) is 11.3 Å². The van der Waals surface area contributed by atoms with Gasteiger partial charge in [0.05, 0.1) is 41.4 Å². The van der Waals surface area contributed by atoms with Gasteiger partial charge in [0.2, 0.25) is 0 Å². The monoisotopic (exact) mass is 346 g/mol. The molecule has 1 fully saturated rings. The van der Waals surface area contributed by atoms with Crippen molar-refractivity contribution in [3.05, 3.63) is 64.2 Å². The zero-order valence-corrected chi connectivity index (χ0v) is 14.4. The number of hydrogen-bond acceptors (Lipinski definition) is 5. The molecule has 1 aromatic heterocycles. The summed E-state index contributed by atoms with van der Waals surface area (Å²) < 4.78 is 6.86. The summed E-state index contributed by atoms with van der Waals surface area (Å²) in [6.45, 7) is 0.911. The first kappa shape index (κ1) is 16.3. The minimum atomic E-state index is -0.166. The van der Waals surface area contributed by atoms with Gasteiger partial charge in [0.15, 0.2) is 0 Å². The summed E-state index contributed by atoms with van der Waals surface area (Å²) in [6.07, 6.45) is 1.99. The Labute approximate surface area is 150 Å². The number of nitrogens with zero attached hydrogens (tertiary/aromatic N) is 3. The van der Waals surface area contributed by atoms with Crippen molar-refractivity contribution in [1.82, 2.24) is 14.9 Å². The molecule has 26 heavy (non-hydrogen) atoms. The number of nitrogens with one attached hydrogen (secondary N) is 1. The molecule has 1 saturated heterocycles. The Bertz CT molecular complexity index is 1060. The van der Waals surface area contributed by atoms with E-state index in [0.29, 0.717) is 22.3 Å². The Morgan fingerprint density at radius 3 is 2.73 bits per heavy atom. The van der Waals surface area contributed by atoms with Crippen LogP contribution >= 0.6 is 0 Å². The molecule has 4 rings (SSSR count). The summed E-state index contributed by atoms with van der Waals surface area (Å²) >= 11 is 0. The van der Waals surface area contributed by atoms with E-state index in [1.807, 2.05) is 24.3 Å². The maximum Gasteiger partial charge on any atom is 0.266 e. The largest absolute Gasteiger partial charge is 0.497 e. The molecule has 0 unspecified atom stereocenters. The van der Waals surface area contributed by atoms with E-state index in [1.54, 1.807) is 29.9 Å². The number of benzene rings is 2. The SMILES string of the molecule is COc1ccc(-n2c([C@@H]3CCCN3)nc3ccc(C#N)cc3c2=O)cc1. The van der Waals surface area contributed by atoms with Crippen LogP contribution in [0.4, 0.5) is 0 Å². The van der Waals surface area contributed by atoms with Crippen molar-refractivity contribution in [2.24, 2.45) is 0 Å². The molecular formula is C20H18N4O2. The zero-order valence-electron chi connectivity index (χ0n) is 14.4. The molecule has 0 amide bonds. The molecule has 130 valence electrons. The molecule has 1 N–H and O–H groups in total. The minimum Gasteiger partial charge on any atom is -0.497 e. The van der Waals surface area contributed by atoms with Crippen LogP contribution < -0.4 is 15.6 Å². The highest BCUT2D eigenvalue weighted by atomic mass is 16.5. The number of nitriles is 1.